The quantitative estimate of drug-likeness (QED) is 0.940. The maximum absolute atomic E-state index is 9.88. The normalized spacial score (nSPS) is 13.4. The molecule has 5 nitrogen and oxygen atoms in total. The maximum atomic E-state index is 9.88. The van der Waals surface area contributed by atoms with Crippen molar-refractivity contribution in [2.75, 3.05) is 20.3 Å². The van der Waals surface area contributed by atoms with Crippen LogP contribution in [0.2, 0.25) is 0 Å². The van der Waals surface area contributed by atoms with Gasteiger partial charge in [0, 0.05) is 18.8 Å². The average molecular weight is 300 g/mol. The molecule has 3 rings (SSSR count). The molecular weight excluding hydrogens is 280 g/mol. The molecule has 0 saturated carbocycles. The lowest BCUT2D eigenvalue weighted by molar-refractivity contribution is 0.171. The van der Waals surface area contributed by atoms with Crippen molar-refractivity contribution in [3.05, 3.63) is 47.3 Å². The molecule has 2 aromatic rings. The zero-order valence-electron chi connectivity index (χ0n) is 12.9. The van der Waals surface area contributed by atoms with Gasteiger partial charge in [-0.25, -0.2) is 0 Å². The molecule has 1 aromatic carbocycles. The molecule has 0 saturated heterocycles. The van der Waals surface area contributed by atoms with Crippen molar-refractivity contribution < 1.29 is 14.6 Å². The second kappa shape index (κ2) is 6.23. The van der Waals surface area contributed by atoms with Crippen LogP contribution in [-0.4, -0.2) is 35.3 Å². The first-order valence-corrected chi connectivity index (χ1v) is 7.34. The first-order chi connectivity index (χ1) is 10.6. The molecule has 0 spiro atoms. The molecular formula is C17H20N2O3. The van der Waals surface area contributed by atoms with E-state index >= 15 is 0 Å². The van der Waals surface area contributed by atoms with Crippen LogP contribution >= 0.6 is 0 Å². The molecule has 2 heterocycles. The predicted octanol–water partition coefficient (Wildman–Crippen LogP) is 2.50. The molecule has 22 heavy (non-hydrogen) atoms. The van der Waals surface area contributed by atoms with E-state index < -0.39 is 0 Å². The summed E-state index contributed by atoms with van der Waals surface area (Å²) in [5.74, 6) is 1.84. The van der Waals surface area contributed by atoms with Gasteiger partial charge in [0.25, 0.3) is 0 Å². The van der Waals surface area contributed by atoms with Crippen LogP contribution in [0, 0.1) is 6.92 Å². The van der Waals surface area contributed by atoms with Crippen molar-refractivity contribution in [3.63, 3.8) is 0 Å². The van der Waals surface area contributed by atoms with Gasteiger partial charge in [0.2, 0.25) is 0 Å². The molecule has 0 radical (unpaired) electrons. The van der Waals surface area contributed by atoms with Gasteiger partial charge in [0.15, 0.2) is 11.5 Å². The van der Waals surface area contributed by atoms with Crippen LogP contribution in [0.4, 0.5) is 0 Å². The maximum Gasteiger partial charge on any atom is 0.161 e. The van der Waals surface area contributed by atoms with E-state index in [0.29, 0.717) is 25.5 Å². The molecule has 0 fully saturated rings. The van der Waals surface area contributed by atoms with Crippen molar-refractivity contribution >= 4 is 0 Å². The van der Waals surface area contributed by atoms with Crippen LogP contribution in [0.25, 0.3) is 0 Å². The van der Waals surface area contributed by atoms with E-state index in [2.05, 4.69) is 9.88 Å². The summed E-state index contributed by atoms with van der Waals surface area (Å²) in [5, 5.41) is 9.88. The number of rotatable bonds is 4. The van der Waals surface area contributed by atoms with E-state index in [1.807, 2.05) is 32.2 Å². The molecule has 5 heteroatoms. The number of pyridine rings is 1. The third-order valence-corrected chi connectivity index (χ3v) is 3.57. The van der Waals surface area contributed by atoms with Gasteiger partial charge in [0.05, 0.1) is 5.69 Å². The fourth-order valence-electron chi connectivity index (χ4n) is 2.53. The Labute approximate surface area is 130 Å². The van der Waals surface area contributed by atoms with Gasteiger partial charge in [0.1, 0.15) is 19.0 Å². The Morgan fingerprint density at radius 3 is 2.68 bits per heavy atom. The highest BCUT2D eigenvalue weighted by atomic mass is 16.6. The van der Waals surface area contributed by atoms with Gasteiger partial charge in [-0.1, -0.05) is 6.07 Å². The first-order valence-electron chi connectivity index (χ1n) is 7.34. The summed E-state index contributed by atoms with van der Waals surface area (Å²) in [5.41, 5.74) is 2.74. The van der Waals surface area contributed by atoms with Gasteiger partial charge in [-0.05, 0) is 43.8 Å². The lowest BCUT2D eigenvalue weighted by Crippen LogP contribution is -2.19. The van der Waals surface area contributed by atoms with Crippen molar-refractivity contribution in [2.24, 2.45) is 0 Å². The Bertz CT molecular complexity index is 673. The number of hydrogen-bond acceptors (Lipinski definition) is 5. The Balaban J connectivity index is 1.69. The summed E-state index contributed by atoms with van der Waals surface area (Å²) in [7, 11) is 2.00. The number of ether oxygens (including phenoxy) is 2. The molecule has 1 N–H and O–H groups in total. The largest absolute Gasteiger partial charge is 0.506 e. The summed E-state index contributed by atoms with van der Waals surface area (Å²) in [6.07, 6.45) is 0. The lowest BCUT2D eigenvalue weighted by Gasteiger charge is -2.21. The average Bonchev–Trinajstić information content (AvgIpc) is 2.51. The van der Waals surface area contributed by atoms with E-state index in [1.54, 1.807) is 12.1 Å². The van der Waals surface area contributed by atoms with Gasteiger partial charge in [-0.3, -0.25) is 9.88 Å². The Hall–Kier alpha value is -2.27. The third-order valence-electron chi connectivity index (χ3n) is 3.57. The molecule has 0 atom stereocenters. The molecule has 0 aliphatic carbocycles. The summed E-state index contributed by atoms with van der Waals surface area (Å²) in [6.45, 7) is 4.44. The molecule has 1 aliphatic heterocycles. The molecule has 0 unspecified atom stereocenters. The third kappa shape index (κ3) is 3.31. The van der Waals surface area contributed by atoms with Gasteiger partial charge in [-0.2, -0.15) is 0 Å². The van der Waals surface area contributed by atoms with E-state index in [9.17, 15) is 5.11 Å². The predicted molar refractivity (Wildman–Crippen MR) is 83.2 cm³/mol. The number of aromatic nitrogens is 1. The van der Waals surface area contributed by atoms with Gasteiger partial charge < -0.3 is 14.6 Å². The Kier molecular flexibility index (Phi) is 4.15. The summed E-state index contributed by atoms with van der Waals surface area (Å²) in [6, 6.07) is 9.48. The van der Waals surface area contributed by atoms with Crippen molar-refractivity contribution in [1.29, 1.82) is 0 Å². The van der Waals surface area contributed by atoms with Gasteiger partial charge >= 0.3 is 0 Å². The minimum atomic E-state index is 0.236. The number of nitrogens with zero attached hydrogens (tertiary/aromatic N) is 2. The monoisotopic (exact) mass is 300 g/mol. The Morgan fingerprint density at radius 2 is 1.86 bits per heavy atom. The van der Waals surface area contributed by atoms with Gasteiger partial charge in [-0.15, -0.1) is 0 Å². The fraction of sp³-hybridized carbons (Fsp3) is 0.353. The fourth-order valence-corrected chi connectivity index (χ4v) is 2.53. The van der Waals surface area contributed by atoms with E-state index in [0.717, 1.165) is 29.3 Å². The number of hydrogen-bond donors (Lipinski definition) is 1. The van der Waals surface area contributed by atoms with Crippen molar-refractivity contribution in [3.8, 4) is 17.2 Å². The van der Waals surface area contributed by atoms with E-state index in [-0.39, 0.29) is 5.75 Å². The van der Waals surface area contributed by atoms with Crippen LogP contribution in [0.5, 0.6) is 17.2 Å². The highest BCUT2D eigenvalue weighted by Crippen LogP contribution is 2.31. The van der Waals surface area contributed by atoms with Crippen molar-refractivity contribution in [2.45, 2.75) is 20.0 Å². The van der Waals surface area contributed by atoms with Crippen LogP contribution in [0.15, 0.2) is 30.3 Å². The summed E-state index contributed by atoms with van der Waals surface area (Å²) < 4.78 is 11.1. The number of aryl methyl sites for hydroxylation is 1. The SMILES string of the molecule is Cc1ccc(O)c(CN(C)Cc2ccc3c(c2)OCCO3)n1. The first kappa shape index (κ1) is 14.7. The second-order valence-corrected chi connectivity index (χ2v) is 5.57. The highest BCUT2D eigenvalue weighted by molar-refractivity contribution is 5.43. The summed E-state index contributed by atoms with van der Waals surface area (Å²) >= 11 is 0. The van der Waals surface area contributed by atoms with Crippen molar-refractivity contribution in [1.82, 2.24) is 9.88 Å². The van der Waals surface area contributed by atoms with Crippen LogP contribution < -0.4 is 9.47 Å². The van der Waals surface area contributed by atoms with Crippen LogP contribution in [-0.2, 0) is 13.1 Å². The van der Waals surface area contributed by atoms with E-state index in [4.69, 9.17) is 9.47 Å². The molecule has 1 aromatic heterocycles. The molecule has 1 aliphatic rings. The zero-order valence-corrected chi connectivity index (χ0v) is 12.9. The minimum Gasteiger partial charge on any atom is -0.506 e. The number of benzene rings is 1. The second-order valence-electron chi connectivity index (χ2n) is 5.57. The number of aromatic hydroxyl groups is 1. The lowest BCUT2D eigenvalue weighted by atomic mass is 10.1. The van der Waals surface area contributed by atoms with E-state index in [1.165, 1.54) is 0 Å². The standard InChI is InChI=1S/C17H20N2O3/c1-12-3-5-15(20)14(18-12)11-19(2)10-13-4-6-16-17(9-13)22-8-7-21-16/h3-6,9,20H,7-8,10-11H2,1-2H3. The molecule has 0 bridgehead atoms. The minimum absolute atomic E-state index is 0.236. The highest BCUT2D eigenvalue weighted by Gasteiger charge is 2.13. The van der Waals surface area contributed by atoms with Crippen LogP contribution in [0.3, 0.4) is 0 Å². The molecule has 116 valence electrons. The van der Waals surface area contributed by atoms with Crippen LogP contribution in [0.1, 0.15) is 17.0 Å². The topological polar surface area (TPSA) is 54.8 Å². The Morgan fingerprint density at radius 1 is 1.09 bits per heavy atom. The summed E-state index contributed by atoms with van der Waals surface area (Å²) in [4.78, 5) is 6.49. The number of fused-ring (bicyclic) bond motifs is 1. The smallest absolute Gasteiger partial charge is 0.161 e. The molecule has 0 amide bonds. The zero-order chi connectivity index (χ0) is 15.5.